The molecule has 0 atom stereocenters. The zero-order chi connectivity index (χ0) is 18.8. The van der Waals surface area contributed by atoms with Gasteiger partial charge in [-0.25, -0.2) is 0 Å². The molecular weight excluding hydrogens is 352 g/mol. The van der Waals surface area contributed by atoms with Crippen LogP contribution in [-0.2, 0) is 22.4 Å². The van der Waals surface area contributed by atoms with Crippen LogP contribution in [0.2, 0.25) is 5.02 Å². The molecule has 26 heavy (non-hydrogen) atoms. The predicted octanol–water partition coefficient (Wildman–Crippen LogP) is 3.45. The number of carbonyl (C=O) groups is 2. The summed E-state index contributed by atoms with van der Waals surface area (Å²) in [6.45, 7) is 1.87. The first-order chi connectivity index (χ1) is 12.6. The first-order valence-electron chi connectivity index (χ1n) is 8.61. The van der Waals surface area contributed by atoms with Crippen LogP contribution in [0.5, 0.6) is 5.75 Å². The fourth-order valence-corrected chi connectivity index (χ4v) is 2.55. The monoisotopic (exact) mass is 374 g/mol. The Morgan fingerprint density at radius 3 is 2.42 bits per heavy atom. The van der Waals surface area contributed by atoms with E-state index in [9.17, 15) is 9.59 Å². The van der Waals surface area contributed by atoms with Gasteiger partial charge in [-0.1, -0.05) is 48.9 Å². The molecule has 0 aliphatic carbocycles. The maximum absolute atomic E-state index is 11.8. The lowest BCUT2D eigenvalue weighted by Crippen LogP contribution is -2.43. The zero-order valence-corrected chi connectivity index (χ0v) is 15.5. The minimum atomic E-state index is -0.401. The van der Waals surface area contributed by atoms with E-state index in [0.29, 0.717) is 23.6 Å². The molecule has 138 valence electrons. The van der Waals surface area contributed by atoms with Crippen LogP contribution in [0, 0.1) is 0 Å². The average molecular weight is 375 g/mol. The van der Waals surface area contributed by atoms with E-state index in [2.05, 4.69) is 10.9 Å². The molecule has 5 nitrogen and oxygen atoms in total. The number of rotatable bonds is 8. The smallest absolute Gasteiger partial charge is 0.276 e. The highest BCUT2D eigenvalue weighted by Crippen LogP contribution is 2.17. The van der Waals surface area contributed by atoms with Gasteiger partial charge in [0.25, 0.3) is 5.91 Å². The first-order valence-corrected chi connectivity index (χ1v) is 8.99. The maximum Gasteiger partial charge on any atom is 0.276 e. The number of hydrogen-bond donors (Lipinski definition) is 2. The highest BCUT2D eigenvalue weighted by atomic mass is 35.5. The normalized spacial score (nSPS) is 10.2. The van der Waals surface area contributed by atoms with Gasteiger partial charge in [0.15, 0.2) is 6.61 Å². The second-order valence-electron chi connectivity index (χ2n) is 5.83. The summed E-state index contributed by atoms with van der Waals surface area (Å²) in [7, 11) is 0. The van der Waals surface area contributed by atoms with E-state index in [1.165, 1.54) is 0 Å². The van der Waals surface area contributed by atoms with Crippen molar-refractivity contribution in [3.05, 3.63) is 64.7 Å². The van der Waals surface area contributed by atoms with Gasteiger partial charge in [-0.15, -0.1) is 0 Å². The number of carbonyl (C=O) groups excluding carboxylic acids is 2. The Kier molecular flexibility index (Phi) is 7.96. The minimum absolute atomic E-state index is 0.151. The van der Waals surface area contributed by atoms with Crippen LogP contribution in [0.15, 0.2) is 48.5 Å². The lowest BCUT2D eigenvalue weighted by molar-refractivity contribution is -0.130. The molecule has 0 fully saturated rings. The molecule has 0 spiro atoms. The predicted molar refractivity (Wildman–Crippen MR) is 102 cm³/mol. The summed E-state index contributed by atoms with van der Waals surface area (Å²) in [6.07, 6.45) is 2.60. The van der Waals surface area contributed by atoms with Crippen molar-refractivity contribution in [2.24, 2.45) is 0 Å². The maximum atomic E-state index is 11.8. The largest absolute Gasteiger partial charge is 0.483 e. The number of halogens is 1. The van der Waals surface area contributed by atoms with E-state index in [0.717, 1.165) is 24.0 Å². The van der Waals surface area contributed by atoms with Crippen LogP contribution >= 0.6 is 11.6 Å². The molecule has 0 heterocycles. The first kappa shape index (κ1) is 19.8. The number of benzene rings is 2. The van der Waals surface area contributed by atoms with Crippen molar-refractivity contribution in [1.82, 2.24) is 10.9 Å². The molecule has 0 unspecified atom stereocenters. The fraction of sp³-hybridized carbons (Fsp3) is 0.300. The van der Waals surface area contributed by atoms with Gasteiger partial charge in [-0.05, 0) is 48.6 Å². The minimum Gasteiger partial charge on any atom is -0.483 e. The Balaban J connectivity index is 1.63. The van der Waals surface area contributed by atoms with Crippen molar-refractivity contribution in [3.8, 4) is 5.75 Å². The molecule has 2 aromatic carbocycles. The van der Waals surface area contributed by atoms with Crippen molar-refractivity contribution in [1.29, 1.82) is 0 Å². The number of hydrazine groups is 1. The Bertz CT molecular complexity index is 732. The third-order valence-corrected chi connectivity index (χ3v) is 4.09. The number of hydrogen-bond acceptors (Lipinski definition) is 3. The highest BCUT2D eigenvalue weighted by Gasteiger charge is 2.07. The summed E-state index contributed by atoms with van der Waals surface area (Å²) in [5.41, 5.74) is 6.92. The molecule has 2 aromatic rings. The molecule has 6 heteroatoms. The van der Waals surface area contributed by atoms with Crippen molar-refractivity contribution in [2.75, 3.05) is 6.61 Å². The summed E-state index contributed by atoms with van der Waals surface area (Å²) >= 11 is 5.83. The molecule has 0 aliphatic heterocycles. The molecule has 0 saturated heterocycles. The number of aryl methyl sites for hydroxylation is 2. The van der Waals surface area contributed by atoms with E-state index in [1.54, 1.807) is 0 Å². The number of para-hydroxylation sites is 1. The topological polar surface area (TPSA) is 67.4 Å². The molecule has 0 aliphatic rings. The number of nitrogens with one attached hydrogen (secondary N) is 2. The Morgan fingerprint density at radius 2 is 1.69 bits per heavy atom. The van der Waals surface area contributed by atoms with E-state index in [4.69, 9.17) is 16.3 Å². The molecule has 2 rings (SSSR count). The van der Waals surface area contributed by atoms with Crippen molar-refractivity contribution < 1.29 is 14.3 Å². The fourth-order valence-electron chi connectivity index (χ4n) is 2.42. The van der Waals surface area contributed by atoms with E-state index < -0.39 is 5.91 Å². The van der Waals surface area contributed by atoms with Crippen LogP contribution in [-0.4, -0.2) is 18.4 Å². The van der Waals surface area contributed by atoms with Crippen LogP contribution in [0.3, 0.4) is 0 Å². The highest BCUT2D eigenvalue weighted by molar-refractivity contribution is 6.30. The molecule has 0 aromatic heterocycles. The zero-order valence-electron chi connectivity index (χ0n) is 14.8. The number of amides is 2. The van der Waals surface area contributed by atoms with Crippen molar-refractivity contribution >= 4 is 23.4 Å². The molecule has 2 amide bonds. The standard InChI is InChI=1S/C20H23ClN2O3/c1-2-16-7-3-4-8-18(16)26-14-20(25)23-22-19(24)9-5-6-15-10-12-17(21)13-11-15/h3-4,7-8,10-13H,2,5-6,9,14H2,1H3,(H,22,24)(H,23,25). The summed E-state index contributed by atoms with van der Waals surface area (Å²) in [6, 6.07) is 15.1. The second-order valence-corrected chi connectivity index (χ2v) is 6.26. The lowest BCUT2D eigenvalue weighted by atomic mass is 10.1. The summed E-state index contributed by atoms with van der Waals surface area (Å²) < 4.78 is 5.50. The van der Waals surface area contributed by atoms with E-state index in [-0.39, 0.29) is 12.5 Å². The average Bonchev–Trinajstić information content (AvgIpc) is 2.66. The Morgan fingerprint density at radius 1 is 1.00 bits per heavy atom. The van der Waals surface area contributed by atoms with Crippen LogP contribution in [0.4, 0.5) is 0 Å². The van der Waals surface area contributed by atoms with Crippen molar-refractivity contribution in [3.63, 3.8) is 0 Å². The van der Waals surface area contributed by atoms with Gasteiger partial charge < -0.3 is 4.74 Å². The molecule has 0 saturated carbocycles. The number of ether oxygens (including phenoxy) is 1. The van der Waals surface area contributed by atoms with Gasteiger partial charge >= 0.3 is 0 Å². The van der Waals surface area contributed by atoms with Gasteiger partial charge in [0, 0.05) is 11.4 Å². The third-order valence-electron chi connectivity index (χ3n) is 3.84. The van der Waals surface area contributed by atoms with Gasteiger partial charge in [0.2, 0.25) is 5.91 Å². The van der Waals surface area contributed by atoms with Crippen LogP contribution < -0.4 is 15.6 Å². The molecular formula is C20H23ClN2O3. The van der Waals surface area contributed by atoms with Crippen LogP contribution in [0.1, 0.15) is 30.9 Å². The van der Waals surface area contributed by atoms with E-state index in [1.807, 2.05) is 55.5 Å². The lowest BCUT2D eigenvalue weighted by Gasteiger charge is -2.11. The Hall–Kier alpha value is -2.53. The SMILES string of the molecule is CCc1ccccc1OCC(=O)NNC(=O)CCCc1ccc(Cl)cc1. The summed E-state index contributed by atoms with van der Waals surface area (Å²) in [5.74, 6) is 0.0441. The Labute approximate surface area is 158 Å². The van der Waals surface area contributed by atoms with Gasteiger partial charge in [-0.2, -0.15) is 0 Å². The van der Waals surface area contributed by atoms with Crippen molar-refractivity contribution in [2.45, 2.75) is 32.6 Å². The van der Waals surface area contributed by atoms with E-state index >= 15 is 0 Å². The molecule has 0 radical (unpaired) electrons. The summed E-state index contributed by atoms with van der Waals surface area (Å²) in [4.78, 5) is 23.6. The van der Waals surface area contributed by atoms with Crippen LogP contribution in [0.25, 0.3) is 0 Å². The second kappa shape index (κ2) is 10.5. The van der Waals surface area contributed by atoms with Gasteiger partial charge in [0.05, 0.1) is 0 Å². The van der Waals surface area contributed by atoms with Gasteiger partial charge in [-0.3, -0.25) is 20.4 Å². The summed E-state index contributed by atoms with van der Waals surface area (Å²) in [5, 5.41) is 0.693. The molecule has 0 bridgehead atoms. The van der Waals surface area contributed by atoms with Gasteiger partial charge in [0.1, 0.15) is 5.75 Å². The third kappa shape index (κ3) is 6.76. The quantitative estimate of drug-likeness (QED) is 0.695. The molecule has 2 N–H and O–H groups in total.